The third-order valence-corrected chi connectivity index (χ3v) is 7.62. The minimum absolute atomic E-state index is 0.0119. The fourth-order valence-electron chi connectivity index (χ4n) is 4.12. The van der Waals surface area contributed by atoms with Crippen LogP contribution in [0.1, 0.15) is 40.0 Å². The summed E-state index contributed by atoms with van der Waals surface area (Å²) in [5.41, 5.74) is 6.17. The number of ether oxygens (including phenoxy) is 1. The first-order chi connectivity index (χ1) is 14.9. The van der Waals surface area contributed by atoms with Crippen molar-refractivity contribution in [3.63, 3.8) is 0 Å². The molecule has 9 heteroatoms. The van der Waals surface area contributed by atoms with Crippen LogP contribution >= 0.6 is 10.8 Å². The van der Waals surface area contributed by atoms with E-state index in [1.54, 1.807) is 42.5 Å². The molecule has 0 saturated carbocycles. The zero-order chi connectivity index (χ0) is 22.0. The van der Waals surface area contributed by atoms with Crippen LogP contribution in [0.3, 0.4) is 0 Å². The molecule has 31 heavy (non-hydrogen) atoms. The third kappa shape index (κ3) is 4.40. The third-order valence-electron chi connectivity index (χ3n) is 5.71. The number of carbonyl (C=O) groups excluding carboxylic acids is 2. The van der Waals surface area contributed by atoms with Crippen LogP contribution in [0, 0.1) is 0 Å². The summed E-state index contributed by atoms with van der Waals surface area (Å²) < 4.78 is 28.2. The summed E-state index contributed by atoms with van der Waals surface area (Å²) in [6.45, 7) is 2.75. The topological polar surface area (TPSA) is 116 Å². The van der Waals surface area contributed by atoms with Gasteiger partial charge in [0.25, 0.3) is 11.8 Å². The summed E-state index contributed by atoms with van der Waals surface area (Å²) in [5.74, 6) is -0.312. The standard InChI is InChI=1S/C22H27N3O5S/c23-21(26)17-7-1-3-9-19(17)30-16-11-14-24(15-16)12-5-6-13-25-22(27)18-8-2-4-10-20(18)31(25,28)29/h1-4,7-10,16,28-29H,5-6,11-15H2,(H2,23,26). The highest BCUT2D eigenvalue weighted by Gasteiger charge is 2.40. The average molecular weight is 446 g/mol. The van der Waals surface area contributed by atoms with Crippen LogP contribution in [0.15, 0.2) is 53.4 Å². The number of para-hydroxylation sites is 1. The number of hydrogen-bond donors (Lipinski definition) is 3. The molecule has 166 valence electrons. The van der Waals surface area contributed by atoms with Crippen molar-refractivity contribution >= 4 is 22.6 Å². The van der Waals surface area contributed by atoms with Gasteiger partial charge in [-0.1, -0.05) is 35.0 Å². The van der Waals surface area contributed by atoms with Crippen LogP contribution in [0.4, 0.5) is 0 Å². The van der Waals surface area contributed by atoms with E-state index in [1.165, 1.54) is 4.31 Å². The molecule has 1 atom stereocenters. The van der Waals surface area contributed by atoms with Gasteiger partial charge in [-0.15, -0.1) is 0 Å². The molecule has 2 amide bonds. The van der Waals surface area contributed by atoms with Gasteiger partial charge < -0.3 is 10.5 Å². The number of nitrogens with two attached hydrogens (primary N) is 1. The molecule has 8 nitrogen and oxygen atoms in total. The molecule has 1 fully saturated rings. The Kier molecular flexibility index (Phi) is 6.19. The SMILES string of the molecule is NC(=O)c1ccccc1OC1CCN(CCCCN2C(=O)c3ccccc3S2(O)O)C1. The highest BCUT2D eigenvalue weighted by atomic mass is 32.3. The van der Waals surface area contributed by atoms with Gasteiger partial charge in [0.1, 0.15) is 11.9 Å². The van der Waals surface area contributed by atoms with E-state index >= 15 is 0 Å². The summed E-state index contributed by atoms with van der Waals surface area (Å²) >= 11 is 0. The molecule has 2 aliphatic rings. The number of primary amides is 1. The van der Waals surface area contributed by atoms with Gasteiger partial charge >= 0.3 is 0 Å². The van der Waals surface area contributed by atoms with E-state index < -0.39 is 16.7 Å². The number of benzene rings is 2. The predicted molar refractivity (Wildman–Crippen MR) is 118 cm³/mol. The van der Waals surface area contributed by atoms with Crippen molar-refractivity contribution in [2.45, 2.75) is 30.3 Å². The predicted octanol–water partition coefficient (Wildman–Crippen LogP) is 3.20. The van der Waals surface area contributed by atoms with Gasteiger partial charge in [-0.3, -0.25) is 23.6 Å². The smallest absolute Gasteiger partial charge is 0.274 e. The Morgan fingerprint density at radius 3 is 2.58 bits per heavy atom. The maximum absolute atomic E-state index is 12.5. The summed E-state index contributed by atoms with van der Waals surface area (Å²) in [5, 5.41) is 0. The number of likely N-dealkylation sites (tertiary alicyclic amines) is 1. The molecule has 2 aliphatic heterocycles. The molecule has 1 unspecified atom stereocenters. The van der Waals surface area contributed by atoms with Crippen LogP contribution in [0.2, 0.25) is 0 Å². The highest BCUT2D eigenvalue weighted by Crippen LogP contribution is 2.58. The lowest BCUT2D eigenvalue weighted by atomic mass is 10.2. The van der Waals surface area contributed by atoms with Gasteiger partial charge in [0.2, 0.25) is 0 Å². The summed E-state index contributed by atoms with van der Waals surface area (Å²) in [6, 6.07) is 13.7. The van der Waals surface area contributed by atoms with Crippen molar-refractivity contribution in [1.29, 1.82) is 0 Å². The van der Waals surface area contributed by atoms with Crippen LogP contribution in [0.25, 0.3) is 0 Å². The maximum atomic E-state index is 12.5. The number of nitrogens with zero attached hydrogens (tertiary/aromatic N) is 2. The van der Waals surface area contributed by atoms with Gasteiger partial charge in [0.05, 0.1) is 16.0 Å². The minimum atomic E-state index is -3.24. The second-order valence-corrected chi connectivity index (χ2v) is 9.74. The number of rotatable bonds is 8. The average Bonchev–Trinajstić information content (AvgIpc) is 3.27. The molecule has 4 rings (SSSR count). The van der Waals surface area contributed by atoms with E-state index in [4.69, 9.17) is 10.5 Å². The van der Waals surface area contributed by atoms with Crippen molar-refractivity contribution in [2.75, 3.05) is 26.2 Å². The van der Waals surface area contributed by atoms with Crippen LogP contribution < -0.4 is 10.5 Å². The van der Waals surface area contributed by atoms with Gasteiger partial charge in [-0.2, -0.15) is 0 Å². The Hall–Kier alpha value is -2.59. The highest BCUT2D eigenvalue weighted by molar-refractivity contribution is 8.23. The van der Waals surface area contributed by atoms with Gasteiger partial charge in [0, 0.05) is 19.6 Å². The van der Waals surface area contributed by atoms with Crippen molar-refractivity contribution in [1.82, 2.24) is 9.21 Å². The van der Waals surface area contributed by atoms with Crippen molar-refractivity contribution in [3.8, 4) is 5.75 Å². The molecule has 2 aromatic rings. The van der Waals surface area contributed by atoms with Crippen molar-refractivity contribution < 1.29 is 23.4 Å². The lowest BCUT2D eigenvalue weighted by Crippen LogP contribution is -2.30. The zero-order valence-corrected chi connectivity index (χ0v) is 18.0. The molecule has 0 spiro atoms. The monoisotopic (exact) mass is 445 g/mol. The van der Waals surface area contributed by atoms with E-state index in [1.807, 2.05) is 6.07 Å². The molecule has 0 aromatic heterocycles. The van der Waals surface area contributed by atoms with Crippen LogP contribution in [0.5, 0.6) is 5.75 Å². The Balaban J connectivity index is 1.24. The molecule has 4 N–H and O–H groups in total. The fourth-order valence-corrected chi connectivity index (χ4v) is 5.78. The quantitative estimate of drug-likeness (QED) is 0.538. The second-order valence-electron chi connectivity index (χ2n) is 7.82. The Labute approximate surface area is 183 Å². The second kappa shape index (κ2) is 8.88. The Morgan fingerprint density at radius 2 is 1.81 bits per heavy atom. The molecule has 2 aromatic carbocycles. The molecular formula is C22H27N3O5S. The molecular weight excluding hydrogens is 418 g/mol. The number of amides is 2. The van der Waals surface area contributed by atoms with Gasteiger partial charge in [-0.25, -0.2) is 4.31 Å². The fraction of sp³-hybridized carbons (Fsp3) is 0.364. The van der Waals surface area contributed by atoms with E-state index in [2.05, 4.69) is 4.90 Å². The first-order valence-electron chi connectivity index (χ1n) is 10.3. The molecule has 0 bridgehead atoms. The van der Waals surface area contributed by atoms with E-state index in [9.17, 15) is 18.7 Å². The van der Waals surface area contributed by atoms with Gasteiger partial charge in [0.15, 0.2) is 0 Å². The molecule has 2 heterocycles. The largest absolute Gasteiger partial charge is 0.488 e. The maximum Gasteiger partial charge on any atom is 0.274 e. The lowest BCUT2D eigenvalue weighted by Gasteiger charge is -2.37. The Bertz CT molecular complexity index is 983. The number of unbranched alkanes of at least 4 members (excludes halogenated alkanes) is 1. The Morgan fingerprint density at radius 1 is 1.10 bits per heavy atom. The van der Waals surface area contributed by atoms with Crippen molar-refractivity contribution in [2.24, 2.45) is 5.73 Å². The summed E-state index contributed by atoms with van der Waals surface area (Å²) in [6.07, 6.45) is 2.33. The normalized spacial score (nSPS) is 21.2. The molecule has 1 saturated heterocycles. The lowest BCUT2D eigenvalue weighted by molar-refractivity contribution is 0.0859. The summed E-state index contributed by atoms with van der Waals surface area (Å²) in [7, 11) is -3.24. The van der Waals surface area contributed by atoms with E-state index in [-0.39, 0.29) is 12.0 Å². The number of fused-ring (bicyclic) bond motifs is 1. The molecule has 0 aliphatic carbocycles. The van der Waals surface area contributed by atoms with Crippen LogP contribution in [-0.2, 0) is 0 Å². The first kappa shape index (κ1) is 21.6. The van der Waals surface area contributed by atoms with Gasteiger partial charge in [-0.05, 0) is 50.1 Å². The first-order valence-corrected chi connectivity index (χ1v) is 11.9. The summed E-state index contributed by atoms with van der Waals surface area (Å²) in [4.78, 5) is 26.7. The van der Waals surface area contributed by atoms with Crippen molar-refractivity contribution in [3.05, 3.63) is 59.7 Å². The van der Waals surface area contributed by atoms with Crippen LogP contribution in [-0.4, -0.2) is 62.4 Å². The van der Waals surface area contributed by atoms with E-state index in [0.29, 0.717) is 34.7 Å². The number of hydrogen-bond acceptors (Lipinski definition) is 6. The zero-order valence-electron chi connectivity index (χ0n) is 17.1. The number of carbonyl (C=O) groups is 2. The minimum Gasteiger partial charge on any atom is -0.488 e. The molecule has 0 radical (unpaired) electrons. The van der Waals surface area contributed by atoms with E-state index in [0.717, 1.165) is 32.5 Å².